The summed E-state index contributed by atoms with van der Waals surface area (Å²) >= 11 is 6.88. The van der Waals surface area contributed by atoms with E-state index in [1.165, 1.54) is 0 Å². The monoisotopic (exact) mass is 750 g/mol. The standard InChI is InChI=1S/C39H39ClN8O6/c1-2-23-20-41-36-34(23)35(40)29(21-42-36)24-4-3-5-26(18-24)47-17-12-44(22-33(47)51)11-10-32(50)46-15-13-45(14-16-46)25-6-7-27-28(19-25)39(54)48(38(27)53)30-8-9-31(49)43-37(30)52/h3-7,18-21,30H,2,8-17,22H2,1H3,(H,41,42)(H,43,49,52). The molecule has 6 amide bonds. The quantitative estimate of drug-likeness (QED) is 0.258. The van der Waals surface area contributed by atoms with Gasteiger partial charge in [0.05, 0.1) is 22.7 Å². The van der Waals surface area contributed by atoms with Gasteiger partial charge in [-0.25, -0.2) is 4.98 Å². The minimum Gasteiger partial charge on any atom is -0.368 e. The fraction of sp³-hybridized carbons (Fsp3) is 0.359. The number of aromatic nitrogens is 2. The Balaban J connectivity index is 0.833. The van der Waals surface area contributed by atoms with Crippen molar-refractivity contribution in [1.29, 1.82) is 0 Å². The van der Waals surface area contributed by atoms with Crippen LogP contribution in [0.1, 0.15) is 52.5 Å². The molecule has 1 unspecified atom stereocenters. The van der Waals surface area contributed by atoms with Crippen LogP contribution in [0.3, 0.4) is 0 Å². The Labute approximate surface area is 316 Å². The number of rotatable bonds is 8. The molecule has 8 rings (SSSR count). The fourth-order valence-electron chi connectivity index (χ4n) is 7.91. The van der Waals surface area contributed by atoms with Gasteiger partial charge in [-0.05, 0) is 54.3 Å². The van der Waals surface area contributed by atoms with Crippen LogP contribution in [0.25, 0.3) is 22.2 Å². The van der Waals surface area contributed by atoms with Crippen LogP contribution in [-0.2, 0) is 25.6 Å². The molecule has 0 bridgehead atoms. The highest BCUT2D eigenvalue weighted by molar-refractivity contribution is 6.38. The molecular weight excluding hydrogens is 712 g/mol. The molecule has 14 nitrogen and oxygen atoms in total. The zero-order valence-corrected chi connectivity index (χ0v) is 30.5. The SMILES string of the molecule is CCc1c[nH]c2ncc(-c3cccc(N4CCN(CCC(=O)N5CCN(c6ccc7c(c6)C(=O)N(C6CCC(=O)NC6=O)C7=O)CC5)CC4=O)c3)c(Cl)c12. The average molecular weight is 751 g/mol. The van der Waals surface area contributed by atoms with Crippen LogP contribution < -0.4 is 15.1 Å². The van der Waals surface area contributed by atoms with Crippen molar-refractivity contribution >= 4 is 69.5 Å². The second kappa shape index (κ2) is 14.3. The Kier molecular flexibility index (Phi) is 9.40. The Morgan fingerprint density at radius 2 is 1.70 bits per heavy atom. The predicted octanol–water partition coefficient (Wildman–Crippen LogP) is 3.23. The Hall–Kier alpha value is -5.60. The number of piperazine rings is 2. The maximum atomic E-state index is 13.4. The third-order valence-corrected chi connectivity index (χ3v) is 11.3. The van der Waals surface area contributed by atoms with Gasteiger partial charge >= 0.3 is 0 Å². The van der Waals surface area contributed by atoms with E-state index < -0.39 is 29.7 Å². The van der Waals surface area contributed by atoms with E-state index in [1.807, 2.05) is 40.3 Å². The Morgan fingerprint density at radius 1 is 0.907 bits per heavy atom. The van der Waals surface area contributed by atoms with Crippen molar-refractivity contribution in [1.82, 2.24) is 30.0 Å². The van der Waals surface area contributed by atoms with Crippen molar-refractivity contribution in [3.05, 3.63) is 76.6 Å². The van der Waals surface area contributed by atoms with E-state index in [2.05, 4.69) is 27.1 Å². The van der Waals surface area contributed by atoms with E-state index in [4.69, 9.17) is 11.6 Å². The van der Waals surface area contributed by atoms with Crippen LogP contribution in [0.2, 0.25) is 5.02 Å². The molecule has 278 valence electrons. The second-order valence-corrected chi connectivity index (χ2v) is 14.4. The normalized spacial score (nSPS) is 19.6. The number of aryl methyl sites for hydroxylation is 1. The first kappa shape index (κ1) is 35.4. The summed E-state index contributed by atoms with van der Waals surface area (Å²) in [5.74, 6) is -2.17. The number of nitrogens with one attached hydrogen (secondary N) is 2. The number of carbonyl (C=O) groups excluding carboxylic acids is 6. The fourth-order valence-corrected chi connectivity index (χ4v) is 8.28. The van der Waals surface area contributed by atoms with Gasteiger partial charge in [-0.2, -0.15) is 0 Å². The molecule has 4 aliphatic heterocycles. The molecule has 54 heavy (non-hydrogen) atoms. The van der Waals surface area contributed by atoms with Crippen molar-refractivity contribution in [2.45, 2.75) is 38.6 Å². The number of hydrogen-bond acceptors (Lipinski definition) is 9. The number of fused-ring (bicyclic) bond motifs is 2. The van der Waals surface area contributed by atoms with Crippen LogP contribution >= 0.6 is 11.6 Å². The largest absolute Gasteiger partial charge is 0.368 e. The summed E-state index contributed by atoms with van der Waals surface area (Å²) in [7, 11) is 0. The first-order valence-corrected chi connectivity index (χ1v) is 18.6. The van der Waals surface area contributed by atoms with Crippen molar-refractivity contribution in [3.8, 4) is 11.1 Å². The number of piperidine rings is 1. The van der Waals surface area contributed by atoms with Gasteiger partial charge in [0.2, 0.25) is 23.6 Å². The van der Waals surface area contributed by atoms with Gasteiger partial charge in [-0.15, -0.1) is 0 Å². The average Bonchev–Trinajstić information content (AvgIpc) is 3.72. The number of benzene rings is 2. The number of carbonyl (C=O) groups is 6. The first-order chi connectivity index (χ1) is 26.1. The highest BCUT2D eigenvalue weighted by atomic mass is 35.5. The summed E-state index contributed by atoms with van der Waals surface area (Å²) in [6.07, 6.45) is 4.97. The number of H-pyrrole nitrogens is 1. The summed E-state index contributed by atoms with van der Waals surface area (Å²) in [5.41, 5.74) is 5.54. The van der Waals surface area contributed by atoms with Gasteiger partial charge in [-0.1, -0.05) is 30.7 Å². The highest BCUT2D eigenvalue weighted by Crippen LogP contribution is 2.37. The van der Waals surface area contributed by atoms with Crippen molar-refractivity contribution < 1.29 is 28.8 Å². The van der Waals surface area contributed by atoms with Crippen molar-refractivity contribution in [3.63, 3.8) is 0 Å². The molecule has 1 atom stereocenters. The molecule has 3 saturated heterocycles. The number of anilines is 2. The third kappa shape index (κ3) is 6.38. The summed E-state index contributed by atoms with van der Waals surface area (Å²) in [4.78, 5) is 93.4. The van der Waals surface area contributed by atoms with Gasteiger partial charge in [0.1, 0.15) is 11.7 Å². The van der Waals surface area contributed by atoms with Crippen LogP contribution in [0, 0.1) is 0 Å². The van der Waals surface area contributed by atoms with E-state index in [1.54, 1.807) is 29.3 Å². The molecule has 15 heteroatoms. The zero-order valence-electron chi connectivity index (χ0n) is 29.8. The van der Waals surface area contributed by atoms with Crippen LogP contribution in [0.4, 0.5) is 11.4 Å². The maximum absolute atomic E-state index is 13.4. The molecule has 2 N–H and O–H groups in total. The number of pyridine rings is 1. The molecule has 0 spiro atoms. The molecule has 2 aromatic carbocycles. The molecule has 4 aliphatic rings. The van der Waals surface area contributed by atoms with Gasteiger partial charge in [0.15, 0.2) is 0 Å². The topological polar surface area (TPSA) is 159 Å². The van der Waals surface area contributed by atoms with Gasteiger partial charge in [0, 0.05) is 93.4 Å². The number of aromatic amines is 1. The summed E-state index contributed by atoms with van der Waals surface area (Å²) in [6, 6.07) is 11.8. The number of imide groups is 2. The minimum atomic E-state index is -1.02. The predicted molar refractivity (Wildman–Crippen MR) is 201 cm³/mol. The van der Waals surface area contributed by atoms with E-state index in [0.29, 0.717) is 57.3 Å². The zero-order chi connectivity index (χ0) is 37.7. The van der Waals surface area contributed by atoms with E-state index in [0.717, 1.165) is 50.4 Å². The van der Waals surface area contributed by atoms with Gasteiger partial charge in [0.25, 0.3) is 11.8 Å². The molecule has 2 aromatic heterocycles. The Bertz CT molecular complexity index is 2230. The smallest absolute Gasteiger partial charge is 0.262 e. The minimum absolute atomic E-state index is 0.0166. The van der Waals surface area contributed by atoms with E-state index in [-0.39, 0.29) is 42.3 Å². The molecule has 0 aliphatic carbocycles. The summed E-state index contributed by atoms with van der Waals surface area (Å²) in [6.45, 7) is 5.96. The maximum Gasteiger partial charge on any atom is 0.262 e. The summed E-state index contributed by atoms with van der Waals surface area (Å²) in [5, 5.41) is 3.76. The van der Waals surface area contributed by atoms with Crippen LogP contribution in [0.15, 0.2) is 54.9 Å². The molecular formula is C39H39ClN8O6. The Morgan fingerprint density at radius 3 is 2.46 bits per heavy atom. The third-order valence-electron chi connectivity index (χ3n) is 10.9. The van der Waals surface area contributed by atoms with Crippen LogP contribution in [-0.4, -0.2) is 119 Å². The molecule has 0 saturated carbocycles. The van der Waals surface area contributed by atoms with Crippen molar-refractivity contribution in [2.24, 2.45) is 0 Å². The lowest BCUT2D eigenvalue weighted by atomic mass is 10.0. The first-order valence-electron chi connectivity index (χ1n) is 18.3. The van der Waals surface area contributed by atoms with E-state index >= 15 is 0 Å². The van der Waals surface area contributed by atoms with E-state index in [9.17, 15) is 28.8 Å². The number of halogens is 1. The summed E-state index contributed by atoms with van der Waals surface area (Å²) < 4.78 is 0. The number of amides is 6. The molecule has 3 fully saturated rings. The highest BCUT2D eigenvalue weighted by Gasteiger charge is 2.45. The van der Waals surface area contributed by atoms with Gasteiger partial charge < -0.3 is 19.7 Å². The molecule has 4 aromatic rings. The lowest BCUT2D eigenvalue weighted by Crippen LogP contribution is -2.54. The van der Waals surface area contributed by atoms with Gasteiger partial charge in [-0.3, -0.25) is 43.9 Å². The lowest BCUT2D eigenvalue weighted by Gasteiger charge is -2.37. The second-order valence-electron chi connectivity index (χ2n) is 14.0. The lowest BCUT2D eigenvalue weighted by molar-refractivity contribution is -0.136. The molecule has 6 heterocycles. The van der Waals surface area contributed by atoms with Crippen molar-refractivity contribution in [2.75, 3.05) is 62.2 Å². The van der Waals surface area contributed by atoms with Crippen LogP contribution in [0.5, 0.6) is 0 Å². The molecule has 0 radical (unpaired) electrons. The number of nitrogens with zero attached hydrogens (tertiary/aromatic N) is 6. The number of hydrogen-bond donors (Lipinski definition) is 2.